The molecule has 3 aliphatic rings. The van der Waals surface area contributed by atoms with Gasteiger partial charge >= 0.3 is 84.9 Å². The zero-order valence-electron chi connectivity index (χ0n) is 19.2. The van der Waals surface area contributed by atoms with E-state index in [-0.39, 0.29) is 7.92 Å². The average molecular weight is 574 g/mol. The number of methoxy groups -OCH3 is 1. The van der Waals surface area contributed by atoms with Crippen LogP contribution in [0.2, 0.25) is 0 Å². The van der Waals surface area contributed by atoms with Gasteiger partial charge in [-0.2, -0.15) is 0 Å². The van der Waals surface area contributed by atoms with Gasteiger partial charge in [0.25, 0.3) is 0 Å². The van der Waals surface area contributed by atoms with E-state index in [0.29, 0.717) is 0 Å². The molecule has 0 atom stereocenters. The summed E-state index contributed by atoms with van der Waals surface area (Å²) in [7, 11) is 13.1. The molecular weight excluding hydrogens is 531 g/mol. The Morgan fingerprint density at radius 2 is 1.16 bits per heavy atom. The number of hydrogen-bond acceptors (Lipinski definition) is 1. The van der Waals surface area contributed by atoms with Gasteiger partial charge in [0.2, 0.25) is 0 Å². The number of benzene rings is 1. The molecule has 178 valence electrons. The minimum absolute atomic E-state index is 0.0465. The van der Waals surface area contributed by atoms with E-state index < -0.39 is 13.5 Å². The summed E-state index contributed by atoms with van der Waals surface area (Å²) in [5.74, 6) is 0.817. The maximum atomic E-state index is 5.74. The van der Waals surface area contributed by atoms with Gasteiger partial charge in [-0.15, -0.1) is 0 Å². The summed E-state index contributed by atoms with van der Waals surface area (Å²) in [6.45, 7) is 0. The Morgan fingerprint density at radius 1 is 0.742 bits per heavy atom. The van der Waals surface area contributed by atoms with E-state index in [1.807, 2.05) is 28.9 Å². The number of ether oxygens (including phenoxy) is 1. The van der Waals surface area contributed by atoms with E-state index in [1.54, 1.807) is 103 Å². The van der Waals surface area contributed by atoms with Crippen LogP contribution in [0.3, 0.4) is 0 Å². The molecule has 0 unspecified atom stereocenters. The van der Waals surface area contributed by atoms with E-state index in [0.717, 1.165) is 11.3 Å². The van der Waals surface area contributed by atoms with Crippen LogP contribution in [0.5, 0.6) is 5.75 Å². The second-order valence-electron chi connectivity index (χ2n) is 9.55. The molecule has 0 spiro atoms. The summed E-state index contributed by atoms with van der Waals surface area (Å²) in [6.07, 6.45) is 23.8. The van der Waals surface area contributed by atoms with E-state index in [9.17, 15) is 0 Å². The second-order valence-corrected chi connectivity index (χ2v) is 18.7. The van der Waals surface area contributed by atoms with Crippen molar-refractivity contribution in [2.24, 2.45) is 0 Å². The summed E-state index contributed by atoms with van der Waals surface area (Å²) in [5.41, 5.74) is 4.66. The monoisotopic (exact) mass is 573 g/mol. The van der Waals surface area contributed by atoms with Crippen LogP contribution in [-0.2, 0) is 13.5 Å². The fraction of sp³-hybridized carbons (Fsp3) is 0.731. The van der Waals surface area contributed by atoms with Crippen molar-refractivity contribution in [2.45, 2.75) is 113 Å². The fourth-order valence-electron chi connectivity index (χ4n) is 6.14. The zero-order chi connectivity index (χ0) is 21.9. The molecule has 3 fully saturated rings. The summed E-state index contributed by atoms with van der Waals surface area (Å²) in [4.78, 5) is 0. The van der Waals surface area contributed by atoms with Crippen molar-refractivity contribution < 1.29 is 18.3 Å². The van der Waals surface area contributed by atoms with E-state index >= 15 is 0 Å². The zero-order valence-corrected chi connectivity index (χ0v) is 23.5. The standard InChI is InChI=1S/C18H33P.C8H8O.2ClH.Ru/c1-4-10-16(11-5-1)19(17-12-6-2-7-13-17)18-14-8-3-9-15-18;1-7-5-3-4-6-8(7)9-2;;;/h16-18H,1-15H2;1,3-6H,2H3;2*1H;/q;;;;+2/p-1. The van der Waals surface area contributed by atoms with Crippen molar-refractivity contribution in [3.8, 4) is 5.75 Å². The van der Waals surface area contributed by atoms with E-state index in [2.05, 4.69) is 0 Å². The van der Waals surface area contributed by atoms with Crippen LogP contribution in [0.4, 0.5) is 0 Å². The summed E-state index contributed by atoms with van der Waals surface area (Å²) in [5, 5.41) is 0. The third-order valence-corrected chi connectivity index (χ3v) is 13.9. The molecule has 0 heterocycles. The molecule has 3 aliphatic carbocycles. The molecule has 3 saturated carbocycles. The summed E-state index contributed by atoms with van der Waals surface area (Å²) < 4.78 is 6.99. The van der Waals surface area contributed by atoms with Crippen molar-refractivity contribution in [3.63, 3.8) is 0 Å². The van der Waals surface area contributed by atoms with Crippen LogP contribution in [0.15, 0.2) is 24.3 Å². The molecule has 0 aliphatic heterocycles. The van der Waals surface area contributed by atoms with Gasteiger partial charge in [0, 0.05) is 7.92 Å². The molecule has 0 N–H and O–H groups in total. The van der Waals surface area contributed by atoms with Crippen LogP contribution in [0.1, 0.15) is 102 Å². The van der Waals surface area contributed by atoms with Gasteiger partial charge in [-0.05, 0) is 77.0 Å². The van der Waals surface area contributed by atoms with Gasteiger partial charge in [0.1, 0.15) is 0 Å². The first-order chi connectivity index (χ1) is 15.2. The van der Waals surface area contributed by atoms with Crippen LogP contribution < -0.4 is 4.74 Å². The Kier molecular flexibility index (Phi) is 12.4. The first-order valence-electron chi connectivity index (χ1n) is 12.5. The minimum atomic E-state index is -1.74. The SMILES string of the molecule is C1CCC([PH+](C2CCCCC2)C2CCCCC2)CC1.COc1ccccc1[CH]=[Ru]([Cl])[Cl]. The summed E-state index contributed by atoms with van der Waals surface area (Å²) in [6, 6.07) is 7.66. The van der Waals surface area contributed by atoms with Crippen molar-refractivity contribution in [2.75, 3.05) is 7.11 Å². The quantitative estimate of drug-likeness (QED) is 0.252. The topological polar surface area (TPSA) is 9.23 Å². The van der Waals surface area contributed by atoms with Crippen LogP contribution in [0, 0.1) is 0 Å². The molecule has 0 saturated heterocycles. The van der Waals surface area contributed by atoms with Crippen molar-refractivity contribution in [3.05, 3.63) is 29.8 Å². The van der Waals surface area contributed by atoms with Crippen molar-refractivity contribution >= 4 is 31.9 Å². The Hall–Kier alpha value is 0.523. The van der Waals surface area contributed by atoms with Gasteiger partial charge in [0.05, 0.1) is 17.0 Å². The molecule has 0 bridgehead atoms. The van der Waals surface area contributed by atoms with Gasteiger partial charge in [-0.1, -0.05) is 19.3 Å². The van der Waals surface area contributed by atoms with Crippen molar-refractivity contribution in [1.82, 2.24) is 0 Å². The Morgan fingerprint density at radius 3 is 1.55 bits per heavy atom. The Labute approximate surface area is 205 Å². The predicted molar refractivity (Wildman–Crippen MR) is 139 cm³/mol. The molecule has 0 radical (unpaired) electrons. The van der Waals surface area contributed by atoms with Gasteiger partial charge in [0.15, 0.2) is 0 Å². The van der Waals surface area contributed by atoms with Gasteiger partial charge < -0.3 is 0 Å². The molecule has 1 nitrogen and oxygen atoms in total. The molecule has 1 aromatic carbocycles. The van der Waals surface area contributed by atoms with Crippen LogP contribution in [-0.4, -0.2) is 28.7 Å². The fourth-order valence-corrected chi connectivity index (χ4v) is 13.2. The third kappa shape index (κ3) is 8.67. The average Bonchev–Trinajstić information content (AvgIpc) is 2.82. The van der Waals surface area contributed by atoms with E-state index in [1.165, 1.54) is 17.0 Å². The normalized spacial score (nSPS) is 21.9. The van der Waals surface area contributed by atoms with Crippen molar-refractivity contribution in [1.29, 1.82) is 0 Å². The molecule has 0 aromatic heterocycles. The molecular formula is C26H42Cl2OPRu+. The predicted octanol–water partition coefficient (Wildman–Crippen LogP) is 8.97. The number of para-hydroxylation sites is 1. The molecule has 31 heavy (non-hydrogen) atoms. The second kappa shape index (κ2) is 14.7. The van der Waals surface area contributed by atoms with Crippen LogP contribution in [0.25, 0.3) is 0 Å². The number of halogens is 2. The Balaban J connectivity index is 0.000000196. The maximum absolute atomic E-state index is 5.74. The van der Waals surface area contributed by atoms with Gasteiger partial charge in [-0.25, -0.2) is 0 Å². The third-order valence-electron chi connectivity index (χ3n) is 7.56. The molecule has 4 rings (SSSR count). The first kappa shape index (κ1) is 26.1. The molecule has 0 amide bonds. The van der Waals surface area contributed by atoms with Crippen LogP contribution >= 0.6 is 27.3 Å². The molecule has 5 heteroatoms. The first-order valence-corrected chi connectivity index (χ1v) is 19.7. The van der Waals surface area contributed by atoms with Gasteiger partial charge in [-0.3, -0.25) is 0 Å². The molecule has 1 aromatic rings. The Bertz CT molecular complexity index is 618. The summed E-state index contributed by atoms with van der Waals surface area (Å²) >= 11 is -1.74. The van der Waals surface area contributed by atoms with E-state index in [4.69, 9.17) is 24.1 Å². The number of hydrogen-bond donors (Lipinski definition) is 0. The number of rotatable bonds is 5.